The average Bonchev–Trinajstić information content (AvgIpc) is 0.818. The molecule has 0 spiro atoms. The van der Waals surface area contributed by atoms with Crippen LogP contribution in [0.3, 0.4) is 0 Å². The van der Waals surface area contributed by atoms with Gasteiger partial charge < -0.3 is 65.6 Å². The molecule has 4 rings (SSSR count). The van der Waals surface area contributed by atoms with Crippen molar-refractivity contribution < 1.29 is 72.6 Å². The fraction of sp³-hybridized carbons (Fsp3) is 0.662. The minimum absolute atomic E-state index is 0.000763. The van der Waals surface area contributed by atoms with Crippen molar-refractivity contribution >= 4 is 88.4 Å². The molecule has 574 valence electrons. The fourth-order valence-corrected chi connectivity index (χ4v) is 13.0. The third kappa shape index (κ3) is 25.0. The molecule has 2 heterocycles. The second-order valence-electron chi connectivity index (χ2n) is 29.8. The summed E-state index contributed by atoms with van der Waals surface area (Å²) in [6.45, 7) is 18.7. The molecule has 2 saturated heterocycles. The zero-order valence-corrected chi connectivity index (χ0v) is 64.7. The van der Waals surface area contributed by atoms with E-state index in [2.05, 4.69) is 21.3 Å². The molecular formula is C74H116ClN13O15. The van der Waals surface area contributed by atoms with Crippen molar-refractivity contribution in [3.05, 3.63) is 70.2 Å². The third-order valence-corrected chi connectivity index (χ3v) is 19.6. The van der Waals surface area contributed by atoms with Crippen LogP contribution in [0, 0.1) is 29.6 Å². The van der Waals surface area contributed by atoms with E-state index < -0.39 is 163 Å². The third-order valence-electron chi connectivity index (χ3n) is 19.3. The summed E-state index contributed by atoms with van der Waals surface area (Å²) in [5, 5.41) is 33.2. The van der Waals surface area contributed by atoms with Crippen molar-refractivity contribution in [2.45, 2.75) is 207 Å². The number of halogens is 1. The van der Waals surface area contributed by atoms with E-state index in [1.165, 1.54) is 95.2 Å². The van der Waals surface area contributed by atoms with Gasteiger partial charge in [-0.25, -0.2) is 5.06 Å². The Hall–Kier alpha value is -8.24. The molecule has 103 heavy (non-hydrogen) atoms. The molecule has 0 radical (unpaired) electrons. The molecule has 0 saturated carbocycles. The quantitative estimate of drug-likeness (QED) is 0.0974. The van der Waals surface area contributed by atoms with Gasteiger partial charge in [0.1, 0.15) is 54.4 Å². The van der Waals surface area contributed by atoms with Crippen LogP contribution in [0.1, 0.15) is 155 Å². The standard InChI is InChI=1S/C74H116ClN13O15/c1-20-47(10)63-74(102)86(18)58(36-46(8)9)68(96)79-64(48(11)89)73(101)81(13)42-62(92)83(15)59(39-50-25-24-26-52(75)37-50)72(100)85(17)57(35-45(6)7)66(94)76-53(38-49-27-29-51(30-28-49)69(97)87(19)103)70(98)84(16)56(34-44(4)5)65(93)77-54(71(99)88-31-22-21-23-32-88)40-60(90)80(12)41-61(91)82(14)55(33-43(2)3)67(95)78-63/h24-30,37,43-48,53-59,63-64,89,103H,20-23,31-36,38-42H2,1-19H3,(H,76,94)(H,77,93)(H,78,95)(H,79,96)/t47-,48+,53-,54-,55-,56-,57-,58-,59-,63?,64-/m0/s1. The minimum Gasteiger partial charge on any atom is -0.391 e. The molecule has 0 bridgehead atoms. The Morgan fingerprint density at radius 2 is 0.961 bits per heavy atom. The van der Waals surface area contributed by atoms with Crippen molar-refractivity contribution in [1.82, 2.24) is 65.5 Å². The number of likely N-dealkylation sites (N-methyl/N-ethyl adjacent to an activating group) is 7. The second-order valence-corrected chi connectivity index (χ2v) is 30.2. The van der Waals surface area contributed by atoms with E-state index >= 15 is 19.2 Å². The number of carbonyl (C=O) groups is 13. The predicted molar refractivity (Wildman–Crippen MR) is 389 cm³/mol. The summed E-state index contributed by atoms with van der Waals surface area (Å²) in [6.07, 6.45) is 0.00611. The number of hydrogen-bond acceptors (Lipinski definition) is 15. The Kier molecular flexibility index (Phi) is 34.0. The van der Waals surface area contributed by atoms with Crippen LogP contribution >= 0.6 is 11.6 Å². The minimum atomic E-state index is -1.69. The van der Waals surface area contributed by atoms with E-state index in [0.29, 0.717) is 53.6 Å². The lowest BCUT2D eigenvalue weighted by Gasteiger charge is -2.37. The Bertz CT molecular complexity index is 3290. The summed E-state index contributed by atoms with van der Waals surface area (Å²) >= 11 is 6.49. The van der Waals surface area contributed by atoms with Crippen molar-refractivity contribution in [2.75, 3.05) is 82.6 Å². The second kappa shape index (κ2) is 40.1. The number of hydrogen-bond donors (Lipinski definition) is 6. The van der Waals surface area contributed by atoms with Gasteiger partial charge in [-0.2, -0.15) is 0 Å². The van der Waals surface area contributed by atoms with Gasteiger partial charge in [-0.05, 0) is 117 Å². The number of piperidine rings is 1. The number of hydroxylamine groups is 2. The smallest absolute Gasteiger partial charge is 0.276 e. The monoisotopic (exact) mass is 1460 g/mol. The Labute approximate surface area is 613 Å². The Balaban J connectivity index is 2.00. The highest BCUT2D eigenvalue weighted by atomic mass is 35.5. The molecule has 28 nitrogen and oxygen atoms in total. The number of carbonyl (C=O) groups excluding carboxylic acids is 13. The van der Waals surface area contributed by atoms with E-state index in [-0.39, 0.29) is 67.8 Å². The number of likely N-dealkylation sites (tertiary alicyclic amines) is 1. The van der Waals surface area contributed by atoms with E-state index in [9.17, 15) is 53.5 Å². The van der Waals surface area contributed by atoms with Gasteiger partial charge >= 0.3 is 0 Å². The zero-order valence-electron chi connectivity index (χ0n) is 64.0. The molecule has 2 aromatic carbocycles. The SMILES string of the molecule is CC[C@H](C)C1NC(=O)[C@H](CC(C)C)N(C)C(=O)CN(C)C(=O)C[C@@H](C(=O)N2CCCCC2)NC(=O)[C@H](CC(C)C)N(C)C(=O)[C@H](Cc2ccc(C(=O)N(C)O)cc2)NC(=O)[C@H](CC(C)C)N(C)C(=O)[C@H](Cc2cccc(Cl)c2)N(C)C(=O)CN(C)C(=O)[C@H]([C@@H](C)O)NC(=O)[C@H](CC(C)C)N(C)C1=O. The largest absolute Gasteiger partial charge is 0.391 e. The Morgan fingerprint density at radius 3 is 1.44 bits per heavy atom. The molecule has 29 heteroatoms. The summed E-state index contributed by atoms with van der Waals surface area (Å²) in [4.78, 5) is 202. The molecule has 2 fully saturated rings. The fourth-order valence-electron chi connectivity index (χ4n) is 12.7. The first-order chi connectivity index (χ1) is 48.1. The van der Waals surface area contributed by atoms with Crippen LogP contribution in [0.4, 0.5) is 0 Å². The normalized spacial score (nSPS) is 24.2. The van der Waals surface area contributed by atoms with Gasteiger partial charge in [0, 0.05) is 92.9 Å². The average molecular weight is 1460 g/mol. The van der Waals surface area contributed by atoms with Gasteiger partial charge in [0.15, 0.2) is 0 Å². The summed E-state index contributed by atoms with van der Waals surface area (Å²) in [7, 11) is 10.6. The van der Waals surface area contributed by atoms with Gasteiger partial charge in [0.2, 0.25) is 70.9 Å². The molecule has 6 N–H and O–H groups in total. The molecule has 11 atom stereocenters. The first-order valence-electron chi connectivity index (χ1n) is 35.9. The maximum atomic E-state index is 15.6. The number of nitrogens with zero attached hydrogens (tertiary/aromatic N) is 9. The lowest BCUT2D eigenvalue weighted by molar-refractivity contribution is -0.150. The van der Waals surface area contributed by atoms with E-state index in [1.807, 2.05) is 62.3 Å². The van der Waals surface area contributed by atoms with Crippen LogP contribution in [0.15, 0.2) is 48.5 Å². The van der Waals surface area contributed by atoms with Crippen LogP contribution in [-0.4, -0.2) is 274 Å². The molecule has 2 aliphatic heterocycles. The van der Waals surface area contributed by atoms with Crippen LogP contribution in [0.2, 0.25) is 5.02 Å². The van der Waals surface area contributed by atoms with Crippen LogP contribution in [-0.2, 0) is 70.4 Å². The van der Waals surface area contributed by atoms with Gasteiger partial charge in [-0.1, -0.05) is 112 Å². The lowest BCUT2D eigenvalue weighted by atomic mass is 9.94. The number of aliphatic hydroxyl groups is 1. The van der Waals surface area contributed by atoms with Gasteiger partial charge in [0.25, 0.3) is 5.91 Å². The number of rotatable bonds is 17. The summed E-state index contributed by atoms with van der Waals surface area (Å²) in [5.41, 5.74) is 1.00. The van der Waals surface area contributed by atoms with E-state index in [1.54, 1.807) is 36.1 Å². The van der Waals surface area contributed by atoms with Crippen molar-refractivity contribution in [3.8, 4) is 0 Å². The van der Waals surface area contributed by atoms with Gasteiger partial charge in [-0.3, -0.25) is 67.5 Å². The molecule has 2 aliphatic rings. The van der Waals surface area contributed by atoms with Crippen LogP contribution in [0.5, 0.6) is 0 Å². The van der Waals surface area contributed by atoms with Crippen LogP contribution in [0.25, 0.3) is 0 Å². The number of aliphatic hydroxyl groups excluding tert-OH is 1. The zero-order chi connectivity index (χ0) is 77.8. The molecule has 0 aromatic heterocycles. The number of amides is 13. The summed E-state index contributed by atoms with van der Waals surface area (Å²) in [6, 6.07) is -0.210. The highest BCUT2D eigenvalue weighted by molar-refractivity contribution is 6.30. The summed E-state index contributed by atoms with van der Waals surface area (Å²) in [5.74, 6) is -11.4. The molecule has 2 aromatic rings. The molecule has 1 unspecified atom stereocenters. The maximum absolute atomic E-state index is 15.6. The highest BCUT2D eigenvalue weighted by Crippen LogP contribution is 2.25. The topological polar surface area (TPSA) is 340 Å². The van der Waals surface area contributed by atoms with Crippen molar-refractivity contribution in [3.63, 3.8) is 0 Å². The van der Waals surface area contributed by atoms with Crippen molar-refractivity contribution in [1.29, 1.82) is 0 Å². The summed E-state index contributed by atoms with van der Waals surface area (Å²) < 4.78 is 0. The lowest BCUT2D eigenvalue weighted by Crippen LogP contribution is -2.62. The predicted octanol–water partition coefficient (Wildman–Crippen LogP) is 3.60. The van der Waals surface area contributed by atoms with E-state index in [0.717, 1.165) is 33.1 Å². The number of benzene rings is 2. The highest BCUT2D eigenvalue weighted by Gasteiger charge is 2.43. The maximum Gasteiger partial charge on any atom is 0.276 e. The first kappa shape index (κ1) is 87.2. The van der Waals surface area contributed by atoms with E-state index in [4.69, 9.17) is 11.6 Å². The first-order valence-corrected chi connectivity index (χ1v) is 36.3. The van der Waals surface area contributed by atoms with Crippen molar-refractivity contribution in [2.24, 2.45) is 29.6 Å². The number of nitrogens with one attached hydrogen (secondary N) is 4. The Morgan fingerprint density at radius 1 is 0.515 bits per heavy atom. The molecular weight excluding hydrogens is 1350 g/mol. The van der Waals surface area contributed by atoms with Crippen LogP contribution < -0.4 is 21.3 Å². The van der Waals surface area contributed by atoms with Gasteiger partial charge in [0.05, 0.1) is 25.6 Å². The van der Waals surface area contributed by atoms with Gasteiger partial charge in [-0.15, -0.1) is 0 Å². The molecule has 0 aliphatic carbocycles. The molecule has 13 amide bonds.